The molecule has 0 radical (unpaired) electrons. The average molecular weight is 435 g/mol. The van der Waals surface area contributed by atoms with Crippen LogP contribution in [0.25, 0.3) is 0 Å². The molecule has 0 atom stereocenters. The molecule has 0 aliphatic carbocycles. The zero-order valence-corrected chi connectivity index (χ0v) is 16.4. The quantitative estimate of drug-likeness (QED) is 0.422. The third kappa shape index (κ3) is 5.20. The minimum absolute atomic E-state index is 0. The van der Waals surface area contributed by atoms with Crippen LogP contribution in [0.4, 0.5) is 0 Å². The summed E-state index contributed by atoms with van der Waals surface area (Å²) in [4.78, 5) is 14.2. The number of aryl methyl sites for hydroxylation is 3. The Hall–Kier alpha value is -1.23. The number of rotatable bonds is 5. The molecule has 0 amide bonds. The fourth-order valence-corrected chi connectivity index (χ4v) is 2.73. The maximum Gasteiger partial charge on any atom is 0.191 e. The van der Waals surface area contributed by atoms with Gasteiger partial charge in [-0.25, -0.2) is 9.97 Å². The minimum atomic E-state index is 0. The third-order valence-electron chi connectivity index (χ3n) is 3.15. The summed E-state index contributed by atoms with van der Waals surface area (Å²) in [5, 5.41) is 11.7. The molecule has 0 saturated heterocycles. The number of guanidine groups is 1. The Bertz CT molecular complexity index is 600. The molecule has 0 saturated carbocycles. The van der Waals surface area contributed by atoms with Gasteiger partial charge in [0.1, 0.15) is 12.2 Å². The first-order chi connectivity index (χ1) is 10.1. The molecule has 0 fully saturated rings. The van der Waals surface area contributed by atoms with Crippen LogP contribution in [-0.2, 0) is 20.0 Å². The molecule has 122 valence electrons. The topological polar surface area (TPSA) is 80.0 Å². The molecule has 2 N–H and O–H groups in total. The standard InChI is InChI=1S/C13H21N7S.HI/c1-9-10(2)21-12(19-9)5-6-15-13(14-3)16-7-11-17-8-18-20(11)4;/h8H,5-7H2,1-4H3,(H2,14,15,16);1H. The predicted molar refractivity (Wildman–Crippen MR) is 99.9 cm³/mol. The van der Waals surface area contributed by atoms with Crippen molar-refractivity contribution in [2.75, 3.05) is 13.6 Å². The number of halogens is 1. The maximum absolute atomic E-state index is 4.53. The number of nitrogens with zero attached hydrogens (tertiary/aromatic N) is 5. The molecule has 0 aliphatic heterocycles. The van der Waals surface area contributed by atoms with Crippen LogP contribution in [0, 0.1) is 13.8 Å². The summed E-state index contributed by atoms with van der Waals surface area (Å²) < 4.78 is 1.74. The number of aliphatic imine (C=N–C) groups is 1. The SMILES string of the molecule is CN=C(NCCc1nc(C)c(C)s1)NCc1ncnn1C.I. The van der Waals surface area contributed by atoms with Gasteiger partial charge in [-0.15, -0.1) is 35.3 Å². The van der Waals surface area contributed by atoms with Gasteiger partial charge in [0.05, 0.1) is 17.2 Å². The van der Waals surface area contributed by atoms with Crippen LogP contribution in [-0.4, -0.2) is 39.3 Å². The number of thiazole rings is 1. The second-order valence-corrected chi connectivity index (χ2v) is 5.94. The van der Waals surface area contributed by atoms with Crippen LogP contribution in [0.5, 0.6) is 0 Å². The average Bonchev–Trinajstić information content (AvgIpc) is 3.00. The first-order valence-electron chi connectivity index (χ1n) is 6.80. The van der Waals surface area contributed by atoms with E-state index in [1.807, 2.05) is 14.0 Å². The normalized spacial score (nSPS) is 11.2. The fraction of sp³-hybridized carbons (Fsp3) is 0.538. The van der Waals surface area contributed by atoms with E-state index in [9.17, 15) is 0 Å². The lowest BCUT2D eigenvalue weighted by atomic mass is 10.4. The van der Waals surface area contributed by atoms with Gasteiger partial charge in [-0.2, -0.15) is 5.10 Å². The van der Waals surface area contributed by atoms with Gasteiger partial charge in [0.25, 0.3) is 0 Å². The van der Waals surface area contributed by atoms with Gasteiger partial charge < -0.3 is 10.6 Å². The Morgan fingerprint density at radius 1 is 1.36 bits per heavy atom. The van der Waals surface area contributed by atoms with E-state index < -0.39 is 0 Å². The number of hydrogen-bond donors (Lipinski definition) is 2. The summed E-state index contributed by atoms with van der Waals surface area (Å²) >= 11 is 1.75. The van der Waals surface area contributed by atoms with Crippen molar-refractivity contribution < 1.29 is 0 Å². The molecule has 2 aromatic heterocycles. The molecule has 0 aromatic carbocycles. The maximum atomic E-state index is 4.53. The molecule has 2 aromatic rings. The summed E-state index contributed by atoms with van der Waals surface area (Å²) in [6.45, 7) is 5.53. The highest BCUT2D eigenvalue weighted by Crippen LogP contribution is 2.16. The van der Waals surface area contributed by atoms with Gasteiger partial charge in [-0.05, 0) is 13.8 Å². The Kier molecular flexibility index (Phi) is 7.73. The van der Waals surface area contributed by atoms with Crippen molar-refractivity contribution in [3.05, 3.63) is 27.7 Å². The van der Waals surface area contributed by atoms with Crippen LogP contribution >= 0.6 is 35.3 Å². The summed E-state index contributed by atoms with van der Waals surface area (Å²) in [5.41, 5.74) is 1.12. The van der Waals surface area contributed by atoms with Crippen LogP contribution in [0.2, 0.25) is 0 Å². The van der Waals surface area contributed by atoms with Gasteiger partial charge >= 0.3 is 0 Å². The molecule has 2 heterocycles. The van der Waals surface area contributed by atoms with E-state index in [0.717, 1.165) is 35.5 Å². The largest absolute Gasteiger partial charge is 0.356 e. The van der Waals surface area contributed by atoms with Crippen LogP contribution in [0.15, 0.2) is 11.3 Å². The first-order valence-corrected chi connectivity index (χ1v) is 7.62. The Labute approximate surface area is 151 Å². The molecule has 0 aliphatic rings. The van der Waals surface area contributed by atoms with E-state index in [4.69, 9.17) is 0 Å². The summed E-state index contributed by atoms with van der Waals surface area (Å²) in [5.74, 6) is 1.62. The number of nitrogens with one attached hydrogen (secondary N) is 2. The second-order valence-electron chi connectivity index (χ2n) is 4.65. The minimum Gasteiger partial charge on any atom is -0.356 e. The van der Waals surface area contributed by atoms with Crippen LogP contribution < -0.4 is 10.6 Å². The van der Waals surface area contributed by atoms with Gasteiger partial charge in [-0.1, -0.05) is 0 Å². The molecule has 7 nitrogen and oxygen atoms in total. The Balaban J connectivity index is 0.00000242. The number of aromatic nitrogens is 4. The highest BCUT2D eigenvalue weighted by molar-refractivity contribution is 14.0. The third-order valence-corrected chi connectivity index (χ3v) is 4.28. The molecule has 0 bridgehead atoms. The van der Waals surface area contributed by atoms with Gasteiger partial charge in [0.15, 0.2) is 5.96 Å². The molecule has 2 rings (SSSR count). The van der Waals surface area contributed by atoms with Gasteiger partial charge in [-0.3, -0.25) is 9.67 Å². The summed E-state index contributed by atoms with van der Waals surface area (Å²) in [7, 11) is 3.62. The van der Waals surface area contributed by atoms with E-state index in [1.54, 1.807) is 29.4 Å². The Morgan fingerprint density at radius 2 is 2.14 bits per heavy atom. The zero-order valence-electron chi connectivity index (χ0n) is 13.3. The van der Waals surface area contributed by atoms with Crippen molar-refractivity contribution >= 4 is 41.3 Å². The molecular weight excluding hydrogens is 413 g/mol. The zero-order chi connectivity index (χ0) is 15.2. The monoisotopic (exact) mass is 435 g/mol. The lowest BCUT2D eigenvalue weighted by Gasteiger charge is -2.10. The van der Waals surface area contributed by atoms with Crippen molar-refractivity contribution in [2.24, 2.45) is 12.0 Å². The van der Waals surface area contributed by atoms with Gasteiger partial charge in [0, 0.05) is 31.9 Å². The van der Waals surface area contributed by atoms with Crippen molar-refractivity contribution in [2.45, 2.75) is 26.8 Å². The van der Waals surface area contributed by atoms with Crippen molar-refractivity contribution in [3.8, 4) is 0 Å². The molecule has 0 spiro atoms. The summed E-state index contributed by atoms with van der Waals surface area (Å²) in [6, 6.07) is 0. The molecular formula is C13H22IN7S. The highest BCUT2D eigenvalue weighted by Gasteiger charge is 2.05. The fourth-order valence-electron chi connectivity index (χ4n) is 1.80. The summed E-state index contributed by atoms with van der Waals surface area (Å²) in [6.07, 6.45) is 2.43. The van der Waals surface area contributed by atoms with Crippen molar-refractivity contribution in [1.82, 2.24) is 30.4 Å². The highest BCUT2D eigenvalue weighted by atomic mass is 127. The number of hydrogen-bond acceptors (Lipinski definition) is 5. The van der Waals surface area contributed by atoms with E-state index in [2.05, 4.69) is 37.6 Å². The lowest BCUT2D eigenvalue weighted by Crippen LogP contribution is -2.38. The smallest absolute Gasteiger partial charge is 0.191 e. The van der Waals surface area contributed by atoms with E-state index in [1.165, 1.54) is 4.88 Å². The van der Waals surface area contributed by atoms with Crippen molar-refractivity contribution in [1.29, 1.82) is 0 Å². The molecule has 22 heavy (non-hydrogen) atoms. The van der Waals surface area contributed by atoms with E-state index in [-0.39, 0.29) is 24.0 Å². The predicted octanol–water partition coefficient (Wildman–Crippen LogP) is 1.41. The van der Waals surface area contributed by atoms with E-state index >= 15 is 0 Å². The molecule has 9 heteroatoms. The van der Waals surface area contributed by atoms with Gasteiger partial charge in [0.2, 0.25) is 0 Å². The van der Waals surface area contributed by atoms with Crippen LogP contribution in [0.1, 0.15) is 21.4 Å². The second kappa shape index (κ2) is 9.03. The Morgan fingerprint density at radius 3 is 2.68 bits per heavy atom. The molecule has 0 unspecified atom stereocenters. The first kappa shape index (κ1) is 18.8. The lowest BCUT2D eigenvalue weighted by molar-refractivity contribution is 0.672. The van der Waals surface area contributed by atoms with E-state index in [0.29, 0.717) is 6.54 Å². The van der Waals surface area contributed by atoms with Crippen LogP contribution in [0.3, 0.4) is 0 Å². The van der Waals surface area contributed by atoms with Crippen molar-refractivity contribution in [3.63, 3.8) is 0 Å².